The molecule has 4 rings (SSSR count). The number of halogens is 3. The average Bonchev–Trinajstić information content (AvgIpc) is 2.80. The molecule has 0 saturated carbocycles. The molecule has 0 saturated heterocycles. The van der Waals surface area contributed by atoms with Gasteiger partial charge in [-0.2, -0.15) is 0 Å². The molecule has 0 amide bonds. The maximum Gasteiger partial charge on any atom is 0.129 e. The maximum atomic E-state index is 14.0. The fraction of sp³-hybridized carbons (Fsp3) is 0.190. The first-order chi connectivity index (χ1) is 13.0. The van der Waals surface area contributed by atoms with E-state index in [0.29, 0.717) is 21.6 Å². The molecule has 0 atom stereocenters. The van der Waals surface area contributed by atoms with Crippen LogP contribution < -0.4 is 11.5 Å². The Balaban J connectivity index is 2.08. The summed E-state index contributed by atoms with van der Waals surface area (Å²) in [6.45, 7) is 0.233. The average molecular weight is 402 g/mol. The molecule has 0 radical (unpaired) electrons. The lowest BCUT2D eigenvalue weighted by atomic mass is 9.90. The molecule has 2 aromatic carbocycles. The molecule has 1 aliphatic rings. The Bertz CT molecular complexity index is 1050. The molecule has 0 aliphatic heterocycles. The Hall–Kier alpha value is -2.14. The fourth-order valence-corrected chi connectivity index (χ4v) is 4.32. The van der Waals surface area contributed by atoms with Crippen molar-refractivity contribution in [3.05, 3.63) is 69.0 Å². The van der Waals surface area contributed by atoms with Crippen molar-refractivity contribution in [2.75, 3.05) is 5.73 Å². The number of fused-ring (bicyclic) bond motifs is 3. The molecule has 0 unspecified atom stereocenters. The molecule has 0 fully saturated rings. The van der Waals surface area contributed by atoms with Crippen LogP contribution in [0.3, 0.4) is 0 Å². The smallest absolute Gasteiger partial charge is 0.129 e. The van der Waals surface area contributed by atoms with Gasteiger partial charge in [0.1, 0.15) is 11.6 Å². The van der Waals surface area contributed by atoms with E-state index in [1.165, 1.54) is 12.1 Å². The first kappa shape index (κ1) is 18.2. The molecule has 1 aliphatic carbocycles. The molecule has 1 heterocycles. The number of pyridine rings is 1. The van der Waals surface area contributed by atoms with Crippen LogP contribution in [0, 0.1) is 5.82 Å². The van der Waals surface area contributed by atoms with Crippen molar-refractivity contribution in [1.82, 2.24) is 4.98 Å². The lowest BCUT2D eigenvalue weighted by molar-refractivity contribution is 0.627. The third-order valence-corrected chi connectivity index (χ3v) is 5.58. The highest BCUT2D eigenvalue weighted by molar-refractivity contribution is 6.36. The summed E-state index contributed by atoms with van der Waals surface area (Å²) in [4.78, 5) is 4.62. The number of nitrogens with zero attached hydrogens (tertiary/aromatic N) is 1. The van der Waals surface area contributed by atoms with Crippen LogP contribution in [-0.4, -0.2) is 4.98 Å². The van der Waals surface area contributed by atoms with Crippen LogP contribution in [0.2, 0.25) is 10.0 Å². The number of hydrogen-bond acceptors (Lipinski definition) is 3. The van der Waals surface area contributed by atoms with Crippen LogP contribution in [-0.2, 0) is 19.4 Å². The highest BCUT2D eigenvalue weighted by Gasteiger charge is 2.25. The molecule has 1 aromatic heterocycles. The van der Waals surface area contributed by atoms with Crippen molar-refractivity contribution in [2.45, 2.75) is 25.8 Å². The summed E-state index contributed by atoms with van der Waals surface area (Å²) in [5, 5.41) is 1.08. The molecule has 138 valence electrons. The third-order valence-electron chi connectivity index (χ3n) is 5.04. The zero-order valence-electron chi connectivity index (χ0n) is 14.5. The fourth-order valence-electron chi connectivity index (χ4n) is 3.82. The minimum atomic E-state index is -0.295. The highest BCUT2D eigenvalue weighted by Crippen LogP contribution is 2.43. The second kappa shape index (κ2) is 7.12. The summed E-state index contributed by atoms with van der Waals surface area (Å²) >= 11 is 12.6. The van der Waals surface area contributed by atoms with Gasteiger partial charge < -0.3 is 11.5 Å². The van der Waals surface area contributed by atoms with E-state index < -0.39 is 0 Å². The van der Waals surface area contributed by atoms with Gasteiger partial charge in [-0.3, -0.25) is 0 Å². The zero-order valence-corrected chi connectivity index (χ0v) is 16.0. The summed E-state index contributed by atoms with van der Waals surface area (Å²) < 4.78 is 14.0. The van der Waals surface area contributed by atoms with E-state index in [0.717, 1.165) is 52.6 Å². The molecule has 0 spiro atoms. The van der Waals surface area contributed by atoms with Crippen molar-refractivity contribution in [3.63, 3.8) is 0 Å². The van der Waals surface area contributed by atoms with E-state index in [4.69, 9.17) is 34.7 Å². The second-order valence-corrected chi connectivity index (χ2v) is 7.50. The number of aromatic nitrogens is 1. The van der Waals surface area contributed by atoms with Crippen molar-refractivity contribution in [1.29, 1.82) is 0 Å². The predicted octanol–water partition coefficient (Wildman–Crippen LogP) is 5.39. The number of anilines is 1. The minimum Gasteiger partial charge on any atom is -0.383 e. The van der Waals surface area contributed by atoms with Crippen LogP contribution in [0.25, 0.3) is 22.4 Å². The molecule has 3 aromatic rings. The Morgan fingerprint density at radius 1 is 1.04 bits per heavy atom. The lowest BCUT2D eigenvalue weighted by Crippen LogP contribution is -2.10. The summed E-state index contributed by atoms with van der Waals surface area (Å²) in [5.74, 6) is 0.0466. The Morgan fingerprint density at radius 3 is 2.59 bits per heavy atom. The van der Waals surface area contributed by atoms with Gasteiger partial charge >= 0.3 is 0 Å². The first-order valence-electron chi connectivity index (χ1n) is 8.75. The highest BCUT2D eigenvalue weighted by atomic mass is 35.5. The van der Waals surface area contributed by atoms with Gasteiger partial charge in [-0.25, -0.2) is 9.37 Å². The number of hydrogen-bond donors (Lipinski definition) is 2. The second-order valence-electron chi connectivity index (χ2n) is 6.66. The van der Waals surface area contributed by atoms with E-state index in [1.54, 1.807) is 12.1 Å². The number of rotatable bonds is 2. The zero-order chi connectivity index (χ0) is 19.1. The number of aryl methyl sites for hydroxylation is 1. The minimum absolute atomic E-state index is 0.233. The van der Waals surface area contributed by atoms with Gasteiger partial charge in [0.25, 0.3) is 0 Å². The third kappa shape index (κ3) is 3.18. The van der Waals surface area contributed by atoms with E-state index >= 15 is 0 Å². The van der Waals surface area contributed by atoms with Crippen LogP contribution in [0.15, 0.2) is 36.4 Å². The van der Waals surface area contributed by atoms with Crippen LogP contribution in [0.1, 0.15) is 23.1 Å². The quantitative estimate of drug-likeness (QED) is 0.604. The van der Waals surface area contributed by atoms with Crippen LogP contribution in [0.4, 0.5) is 10.2 Å². The van der Waals surface area contributed by atoms with Crippen molar-refractivity contribution in [2.24, 2.45) is 5.73 Å². The SMILES string of the molecule is NCc1c(N)nc2c(c1-c1ccc(Cl)cc1Cl)CCCc1ccc(F)cc1-2. The van der Waals surface area contributed by atoms with Gasteiger partial charge in [0, 0.05) is 33.3 Å². The van der Waals surface area contributed by atoms with Gasteiger partial charge in [-0.15, -0.1) is 0 Å². The molecule has 0 bridgehead atoms. The normalized spacial score (nSPS) is 13.0. The van der Waals surface area contributed by atoms with E-state index in [1.807, 2.05) is 12.1 Å². The van der Waals surface area contributed by atoms with Gasteiger partial charge in [-0.1, -0.05) is 35.3 Å². The summed E-state index contributed by atoms with van der Waals surface area (Å²) in [5.41, 5.74) is 18.3. The summed E-state index contributed by atoms with van der Waals surface area (Å²) in [6.07, 6.45) is 2.54. The van der Waals surface area contributed by atoms with Crippen LogP contribution >= 0.6 is 23.2 Å². The Kier molecular flexibility index (Phi) is 4.81. The molecule has 27 heavy (non-hydrogen) atoms. The summed E-state index contributed by atoms with van der Waals surface area (Å²) in [6, 6.07) is 10.2. The van der Waals surface area contributed by atoms with Crippen LogP contribution in [0.5, 0.6) is 0 Å². The van der Waals surface area contributed by atoms with Gasteiger partial charge in [0.2, 0.25) is 0 Å². The standard InChI is InChI=1S/C21H18Cl2FN3/c22-12-5-7-14(18(23)8-12)19-15-3-1-2-11-4-6-13(24)9-16(11)20(15)27-21(26)17(19)10-25/h4-9H,1-3,10,25H2,(H2,26,27). The summed E-state index contributed by atoms with van der Waals surface area (Å²) in [7, 11) is 0. The number of benzene rings is 2. The van der Waals surface area contributed by atoms with Crippen molar-refractivity contribution in [3.8, 4) is 22.4 Å². The topological polar surface area (TPSA) is 64.9 Å². The predicted molar refractivity (Wildman–Crippen MR) is 109 cm³/mol. The molecule has 3 nitrogen and oxygen atoms in total. The van der Waals surface area contributed by atoms with E-state index in [2.05, 4.69) is 4.98 Å². The first-order valence-corrected chi connectivity index (χ1v) is 9.50. The van der Waals surface area contributed by atoms with Crippen molar-refractivity contribution >= 4 is 29.0 Å². The Morgan fingerprint density at radius 2 is 1.85 bits per heavy atom. The van der Waals surface area contributed by atoms with Crippen molar-refractivity contribution < 1.29 is 4.39 Å². The number of nitrogens with two attached hydrogens (primary N) is 2. The monoisotopic (exact) mass is 401 g/mol. The molecular formula is C21H18Cl2FN3. The Labute approximate surface area is 167 Å². The number of nitrogen functional groups attached to an aromatic ring is 1. The van der Waals surface area contributed by atoms with E-state index in [-0.39, 0.29) is 12.4 Å². The molecular weight excluding hydrogens is 384 g/mol. The van der Waals surface area contributed by atoms with Gasteiger partial charge in [0.05, 0.1) is 5.69 Å². The van der Waals surface area contributed by atoms with E-state index in [9.17, 15) is 4.39 Å². The molecule has 6 heteroatoms. The lowest BCUT2D eigenvalue weighted by Gasteiger charge is -2.20. The largest absolute Gasteiger partial charge is 0.383 e. The molecule has 4 N–H and O–H groups in total. The van der Waals surface area contributed by atoms with Gasteiger partial charge in [0.15, 0.2) is 0 Å². The maximum absolute atomic E-state index is 14.0. The van der Waals surface area contributed by atoms with Gasteiger partial charge in [-0.05, 0) is 60.2 Å².